The first-order chi connectivity index (χ1) is 19.1. The molecule has 0 radical (unpaired) electrons. The number of nitriles is 1. The summed E-state index contributed by atoms with van der Waals surface area (Å²) in [5, 5.41) is 8.94. The Balaban J connectivity index is 1.79. The SMILES string of the molecule is N#Cc1cc(COC(c2ccc(C3(S(=O)(=O)c4ccc(F)cc4)CCCC3)cc2)(C(F)(F)F)C(F)(F)F)ccc1F. The molecule has 0 atom stereocenters. The van der Waals surface area contributed by atoms with Crippen molar-refractivity contribution in [2.45, 2.75) is 59.9 Å². The van der Waals surface area contributed by atoms with Gasteiger partial charge in [-0.15, -0.1) is 0 Å². The van der Waals surface area contributed by atoms with E-state index in [-0.39, 0.29) is 28.9 Å². The Bertz CT molecular complexity index is 1540. The maximum atomic E-state index is 14.3. The number of alkyl halides is 6. The first kappa shape index (κ1) is 30.5. The summed E-state index contributed by atoms with van der Waals surface area (Å²) in [6.07, 6.45) is -11.1. The average Bonchev–Trinajstić information content (AvgIpc) is 3.41. The summed E-state index contributed by atoms with van der Waals surface area (Å²) in [5.41, 5.74) is -7.11. The van der Waals surface area contributed by atoms with Crippen LogP contribution in [0.25, 0.3) is 0 Å². The van der Waals surface area contributed by atoms with E-state index in [1.165, 1.54) is 6.07 Å². The third kappa shape index (κ3) is 5.19. The zero-order valence-electron chi connectivity index (χ0n) is 21.0. The molecule has 0 bridgehead atoms. The third-order valence-corrected chi connectivity index (χ3v) is 9.84. The molecule has 0 spiro atoms. The number of benzene rings is 3. The van der Waals surface area contributed by atoms with Gasteiger partial charge in [0.25, 0.3) is 5.60 Å². The highest BCUT2D eigenvalue weighted by Crippen LogP contribution is 2.54. The van der Waals surface area contributed by atoms with Crippen LogP contribution in [0.4, 0.5) is 35.1 Å². The Labute approximate surface area is 230 Å². The summed E-state index contributed by atoms with van der Waals surface area (Å²) in [4.78, 5) is -0.232. The third-order valence-electron chi connectivity index (χ3n) is 7.27. The van der Waals surface area contributed by atoms with E-state index in [4.69, 9.17) is 5.26 Å². The minimum Gasteiger partial charge on any atom is -0.349 e. The number of sulfone groups is 1. The van der Waals surface area contributed by atoms with Gasteiger partial charge in [0.15, 0.2) is 9.84 Å². The van der Waals surface area contributed by atoms with Gasteiger partial charge in [-0.1, -0.05) is 43.2 Å². The van der Waals surface area contributed by atoms with Crippen LogP contribution in [0.1, 0.15) is 47.9 Å². The highest BCUT2D eigenvalue weighted by Gasteiger charge is 2.73. The van der Waals surface area contributed by atoms with Gasteiger partial charge in [-0.3, -0.25) is 0 Å². The second kappa shape index (κ2) is 10.7. The van der Waals surface area contributed by atoms with Gasteiger partial charge in [-0.2, -0.15) is 31.6 Å². The topological polar surface area (TPSA) is 67.2 Å². The van der Waals surface area contributed by atoms with Crippen molar-refractivity contribution < 1.29 is 48.3 Å². The molecule has 0 aliphatic heterocycles. The molecule has 0 unspecified atom stereocenters. The Morgan fingerprint density at radius 3 is 1.90 bits per heavy atom. The second-order valence-electron chi connectivity index (χ2n) is 9.63. The van der Waals surface area contributed by atoms with Crippen molar-refractivity contribution in [2.24, 2.45) is 0 Å². The van der Waals surface area contributed by atoms with Crippen molar-refractivity contribution in [1.29, 1.82) is 5.26 Å². The van der Waals surface area contributed by atoms with E-state index in [2.05, 4.69) is 4.74 Å². The van der Waals surface area contributed by atoms with E-state index in [1.54, 1.807) is 0 Å². The molecule has 0 heterocycles. The lowest BCUT2D eigenvalue weighted by atomic mass is 9.88. The quantitative estimate of drug-likeness (QED) is 0.206. The summed E-state index contributed by atoms with van der Waals surface area (Å²) >= 11 is 0. The fourth-order valence-electron chi connectivity index (χ4n) is 5.18. The van der Waals surface area contributed by atoms with E-state index < -0.39 is 61.9 Å². The summed E-state index contributed by atoms with van der Waals surface area (Å²) < 4.78 is 143. The predicted octanol–water partition coefficient (Wildman–Crippen LogP) is 7.62. The Kier molecular flexibility index (Phi) is 7.97. The van der Waals surface area contributed by atoms with E-state index in [0.717, 1.165) is 54.6 Å². The van der Waals surface area contributed by atoms with Crippen LogP contribution < -0.4 is 0 Å². The fraction of sp³-hybridized carbons (Fsp3) is 0.321. The van der Waals surface area contributed by atoms with E-state index in [1.807, 2.05) is 0 Å². The molecule has 0 saturated heterocycles. The predicted molar refractivity (Wildman–Crippen MR) is 130 cm³/mol. The lowest BCUT2D eigenvalue weighted by Crippen LogP contribution is -2.55. The number of ether oxygens (including phenoxy) is 1. The molecule has 218 valence electrons. The molecule has 13 heteroatoms. The number of halogens is 8. The number of rotatable bonds is 7. The van der Waals surface area contributed by atoms with Crippen LogP contribution in [0, 0.1) is 23.0 Å². The van der Waals surface area contributed by atoms with Crippen molar-refractivity contribution in [1.82, 2.24) is 0 Å². The van der Waals surface area contributed by atoms with Gasteiger partial charge < -0.3 is 4.74 Å². The number of nitrogens with zero attached hydrogens (tertiary/aromatic N) is 1. The Morgan fingerprint density at radius 2 is 1.39 bits per heavy atom. The molecule has 0 amide bonds. The first-order valence-electron chi connectivity index (χ1n) is 12.2. The summed E-state index contributed by atoms with van der Waals surface area (Å²) in [6, 6.07) is 10.7. The molecule has 0 N–H and O–H groups in total. The first-order valence-corrected chi connectivity index (χ1v) is 13.6. The molecular weight excluding hydrogens is 582 g/mol. The number of hydrogen-bond donors (Lipinski definition) is 0. The smallest absolute Gasteiger partial charge is 0.349 e. The van der Waals surface area contributed by atoms with E-state index in [9.17, 15) is 43.5 Å². The summed E-state index contributed by atoms with van der Waals surface area (Å²) in [7, 11) is -4.23. The van der Waals surface area contributed by atoms with Crippen molar-refractivity contribution >= 4 is 9.84 Å². The van der Waals surface area contributed by atoms with Crippen LogP contribution in [0.15, 0.2) is 71.6 Å². The fourth-order valence-corrected chi connectivity index (χ4v) is 7.40. The lowest BCUT2D eigenvalue weighted by Gasteiger charge is -2.38. The maximum Gasteiger partial charge on any atom is 0.430 e. The van der Waals surface area contributed by atoms with Gasteiger partial charge >= 0.3 is 12.4 Å². The lowest BCUT2D eigenvalue weighted by molar-refractivity contribution is -0.392. The molecule has 3 aromatic rings. The monoisotopic (exact) mass is 603 g/mol. The maximum absolute atomic E-state index is 14.3. The molecule has 1 aliphatic carbocycles. The summed E-state index contributed by atoms with van der Waals surface area (Å²) in [5.74, 6) is -1.70. The highest BCUT2D eigenvalue weighted by molar-refractivity contribution is 7.92. The van der Waals surface area contributed by atoms with Gasteiger partial charge in [-0.05, 0) is 60.4 Å². The van der Waals surface area contributed by atoms with Crippen LogP contribution in [0.2, 0.25) is 0 Å². The van der Waals surface area contributed by atoms with Gasteiger partial charge in [0.05, 0.1) is 17.1 Å². The average molecular weight is 604 g/mol. The summed E-state index contributed by atoms with van der Waals surface area (Å²) in [6.45, 7) is -1.28. The normalized spacial score (nSPS) is 16.0. The number of hydrogen-bond acceptors (Lipinski definition) is 4. The zero-order chi connectivity index (χ0) is 30.3. The Hall–Kier alpha value is -3.50. The molecule has 4 rings (SSSR count). The van der Waals surface area contributed by atoms with Crippen LogP contribution in [0.5, 0.6) is 0 Å². The minimum atomic E-state index is -6.03. The minimum absolute atomic E-state index is 0.0153. The zero-order valence-corrected chi connectivity index (χ0v) is 21.8. The van der Waals surface area contributed by atoms with Gasteiger partial charge in [0, 0.05) is 5.56 Å². The van der Waals surface area contributed by atoms with Crippen LogP contribution in [-0.2, 0) is 31.5 Å². The van der Waals surface area contributed by atoms with Gasteiger partial charge in [-0.25, -0.2) is 17.2 Å². The van der Waals surface area contributed by atoms with Crippen molar-refractivity contribution in [3.63, 3.8) is 0 Å². The van der Waals surface area contributed by atoms with Crippen LogP contribution in [0.3, 0.4) is 0 Å². The largest absolute Gasteiger partial charge is 0.430 e. The Morgan fingerprint density at radius 1 is 0.829 bits per heavy atom. The molecule has 3 aromatic carbocycles. The van der Waals surface area contributed by atoms with Crippen molar-refractivity contribution in [2.75, 3.05) is 0 Å². The van der Waals surface area contributed by atoms with Crippen molar-refractivity contribution in [3.8, 4) is 6.07 Å². The molecule has 1 fully saturated rings. The molecule has 4 nitrogen and oxygen atoms in total. The molecular formula is C28H21F8NO3S. The van der Waals surface area contributed by atoms with Crippen LogP contribution >= 0.6 is 0 Å². The van der Waals surface area contributed by atoms with E-state index >= 15 is 0 Å². The molecule has 0 aromatic heterocycles. The molecule has 41 heavy (non-hydrogen) atoms. The molecule has 1 aliphatic rings. The van der Waals surface area contributed by atoms with Gasteiger partial charge in [0.1, 0.15) is 22.5 Å². The van der Waals surface area contributed by atoms with Gasteiger partial charge in [0.2, 0.25) is 0 Å². The van der Waals surface area contributed by atoms with Crippen LogP contribution in [-0.4, -0.2) is 20.8 Å². The second-order valence-corrected chi connectivity index (χ2v) is 11.9. The highest BCUT2D eigenvalue weighted by atomic mass is 32.2. The standard InChI is InChI=1S/C28H21F8NO3S/c29-22-8-10-23(11-9-22)41(38,39)25(13-1-2-14-25)20-4-6-21(7-5-20)26(27(31,32)33,28(34,35)36)40-17-18-3-12-24(30)19(15-18)16-37/h3-12,15H,1-2,13-14,17H2. The van der Waals surface area contributed by atoms with Crippen molar-refractivity contribution in [3.05, 3.63) is 101 Å². The molecule has 1 saturated carbocycles. The van der Waals surface area contributed by atoms with E-state index in [0.29, 0.717) is 25.0 Å².